The Kier molecular flexibility index (Phi) is 4.77. The first-order valence-electron chi connectivity index (χ1n) is 12.8. The Hall–Kier alpha value is -4.04. The van der Waals surface area contributed by atoms with Crippen molar-refractivity contribution in [3.8, 4) is 0 Å². The minimum Gasteiger partial charge on any atom is -0.288 e. The van der Waals surface area contributed by atoms with Crippen molar-refractivity contribution >= 4 is 88.1 Å². The van der Waals surface area contributed by atoms with Crippen molar-refractivity contribution in [2.75, 3.05) is 0 Å². The second kappa shape index (κ2) is 8.01. The molecule has 0 aliphatic heterocycles. The highest BCUT2D eigenvalue weighted by Crippen LogP contribution is 2.55. The van der Waals surface area contributed by atoms with Gasteiger partial charge in [-0.3, -0.25) is 19.2 Å². The van der Waals surface area contributed by atoms with Gasteiger partial charge in [0.15, 0.2) is 23.1 Å². The Morgan fingerprint density at radius 2 is 1.15 bits per heavy atom. The third-order valence-corrected chi connectivity index (χ3v) is 11.9. The molecule has 8 rings (SSSR count). The molecule has 0 amide bonds. The zero-order valence-corrected chi connectivity index (χ0v) is 23.7. The van der Waals surface area contributed by atoms with E-state index >= 15 is 0 Å². The number of Topliss-reactive ketones (excluding diaryl/α,β-unsaturated/α-hetero) is 4. The summed E-state index contributed by atoms with van der Waals surface area (Å²) in [6, 6.07) is 16.0. The summed E-state index contributed by atoms with van der Waals surface area (Å²) < 4.78 is 4.68. The molecule has 3 aromatic heterocycles. The Morgan fingerprint density at radius 3 is 1.70 bits per heavy atom. The summed E-state index contributed by atoms with van der Waals surface area (Å²) in [5, 5.41) is 0. The summed E-state index contributed by atoms with van der Waals surface area (Å²) in [5.74, 6) is -0.849. The third-order valence-electron chi connectivity index (χ3n) is 8.06. The molecule has 40 heavy (non-hydrogen) atoms. The molecule has 0 bridgehead atoms. The van der Waals surface area contributed by atoms with Crippen LogP contribution in [0.1, 0.15) is 70.6 Å². The number of carbonyl (C=O) groups excluding carboxylic acids is 4. The molecule has 0 saturated heterocycles. The fraction of sp³-hybridized carbons (Fsp3) is 0.0909. The quantitative estimate of drug-likeness (QED) is 0.157. The summed E-state index contributed by atoms with van der Waals surface area (Å²) >= 11 is 5.02. The molecule has 2 aromatic carbocycles. The van der Waals surface area contributed by atoms with Gasteiger partial charge in [-0.2, -0.15) is 0 Å². The standard InChI is InChI=1S/C33H18O4S3/c1-33(2)15(11-21-26(34)17-7-3-4-8-18(17)27(21)35)12-23-25(33)31-32(39-23)30-24(40-31)14-16(38-30)13-22-28(36)19-9-5-6-10-20(19)29(22)37/h3-14H,1-2H3. The number of fused-ring (bicyclic) bond motifs is 7. The maximum atomic E-state index is 13.0. The smallest absolute Gasteiger partial charge is 0.197 e. The van der Waals surface area contributed by atoms with Crippen LogP contribution in [0, 0.1) is 0 Å². The molecule has 4 nitrogen and oxygen atoms in total. The van der Waals surface area contributed by atoms with Gasteiger partial charge < -0.3 is 0 Å². The van der Waals surface area contributed by atoms with Crippen LogP contribution in [0.5, 0.6) is 0 Å². The molecule has 192 valence electrons. The minimum atomic E-state index is -0.373. The molecule has 0 spiro atoms. The van der Waals surface area contributed by atoms with Crippen LogP contribution in [0.4, 0.5) is 0 Å². The highest BCUT2D eigenvalue weighted by molar-refractivity contribution is 7.39. The summed E-state index contributed by atoms with van der Waals surface area (Å²) in [6.45, 7) is 4.28. The summed E-state index contributed by atoms with van der Waals surface area (Å²) in [6.07, 6.45) is 5.63. The average molecular weight is 575 g/mol. The van der Waals surface area contributed by atoms with E-state index in [1.54, 1.807) is 94.7 Å². The van der Waals surface area contributed by atoms with Crippen molar-refractivity contribution in [1.82, 2.24) is 0 Å². The maximum absolute atomic E-state index is 13.0. The van der Waals surface area contributed by atoms with Gasteiger partial charge in [0.05, 0.1) is 25.2 Å². The first-order chi connectivity index (χ1) is 19.2. The van der Waals surface area contributed by atoms with Gasteiger partial charge in [0.25, 0.3) is 0 Å². The van der Waals surface area contributed by atoms with E-state index in [1.165, 1.54) is 15.0 Å². The first kappa shape index (κ1) is 23.8. The second-order valence-electron chi connectivity index (χ2n) is 10.7. The van der Waals surface area contributed by atoms with Gasteiger partial charge >= 0.3 is 0 Å². The molecule has 0 saturated carbocycles. The van der Waals surface area contributed by atoms with Gasteiger partial charge in [-0.05, 0) is 35.4 Å². The van der Waals surface area contributed by atoms with Crippen LogP contribution < -0.4 is 0 Å². The molecular formula is C33H18O4S3. The lowest BCUT2D eigenvalue weighted by molar-refractivity contribution is 0.0974. The van der Waals surface area contributed by atoms with Crippen molar-refractivity contribution in [3.63, 3.8) is 0 Å². The highest BCUT2D eigenvalue weighted by atomic mass is 32.1. The fourth-order valence-corrected chi connectivity index (χ4v) is 10.5. The monoisotopic (exact) mass is 574 g/mol. The molecule has 5 aromatic rings. The maximum Gasteiger partial charge on any atom is 0.197 e. The predicted octanol–water partition coefficient (Wildman–Crippen LogP) is 8.32. The second-order valence-corrected chi connectivity index (χ2v) is 13.9. The SMILES string of the molecule is CC1(C)C(C=C2C(=O)c3ccccc3C2=O)=Cc2sc3c(sc4cc(C=C5C(=O)c6ccccc6C5=O)sc43)c21. The van der Waals surface area contributed by atoms with E-state index in [1.807, 2.05) is 0 Å². The molecule has 3 aliphatic carbocycles. The summed E-state index contributed by atoms with van der Waals surface area (Å²) in [5.41, 5.74) is 4.15. The molecule has 3 heterocycles. The number of ketones is 4. The Bertz CT molecular complexity index is 2080. The lowest BCUT2D eigenvalue weighted by atomic mass is 9.81. The van der Waals surface area contributed by atoms with E-state index in [-0.39, 0.29) is 39.7 Å². The number of benzene rings is 2. The molecule has 0 radical (unpaired) electrons. The van der Waals surface area contributed by atoms with Gasteiger partial charge in [-0.25, -0.2) is 0 Å². The highest BCUT2D eigenvalue weighted by Gasteiger charge is 2.40. The Balaban J connectivity index is 1.18. The van der Waals surface area contributed by atoms with E-state index in [2.05, 4.69) is 26.0 Å². The lowest BCUT2D eigenvalue weighted by Crippen LogP contribution is -2.16. The third kappa shape index (κ3) is 3.05. The molecule has 0 N–H and O–H groups in total. The zero-order valence-electron chi connectivity index (χ0n) is 21.3. The van der Waals surface area contributed by atoms with Gasteiger partial charge in [-0.15, -0.1) is 34.0 Å². The largest absolute Gasteiger partial charge is 0.288 e. The minimum absolute atomic E-state index is 0.210. The number of allylic oxidation sites excluding steroid dienone is 4. The number of hydrogen-bond acceptors (Lipinski definition) is 7. The average Bonchev–Trinajstić information content (AvgIpc) is 3.73. The van der Waals surface area contributed by atoms with E-state index in [0.717, 1.165) is 24.7 Å². The number of rotatable bonds is 2. The first-order valence-corrected chi connectivity index (χ1v) is 15.2. The van der Waals surface area contributed by atoms with E-state index in [9.17, 15) is 19.2 Å². The van der Waals surface area contributed by atoms with Crippen LogP contribution in [0.3, 0.4) is 0 Å². The number of carbonyl (C=O) groups is 4. The van der Waals surface area contributed by atoms with Crippen LogP contribution >= 0.6 is 34.0 Å². The normalized spacial score (nSPS) is 17.2. The van der Waals surface area contributed by atoms with Crippen LogP contribution in [0.15, 0.2) is 77.4 Å². The van der Waals surface area contributed by atoms with Gasteiger partial charge in [0.2, 0.25) is 0 Å². The van der Waals surface area contributed by atoms with E-state index in [0.29, 0.717) is 22.3 Å². The zero-order chi connectivity index (χ0) is 27.5. The molecular weight excluding hydrogens is 557 g/mol. The van der Waals surface area contributed by atoms with Crippen LogP contribution in [0.2, 0.25) is 0 Å². The van der Waals surface area contributed by atoms with E-state index < -0.39 is 0 Å². The fourth-order valence-electron chi connectivity index (χ4n) is 5.97. The van der Waals surface area contributed by atoms with Crippen LogP contribution in [-0.4, -0.2) is 23.1 Å². The van der Waals surface area contributed by atoms with Crippen molar-refractivity contribution in [2.45, 2.75) is 19.3 Å². The van der Waals surface area contributed by atoms with Crippen molar-refractivity contribution in [3.05, 3.63) is 115 Å². The molecule has 0 fully saturated rings. The number of hydrogen-bond donors (Lipinski definition) is 0. The molecule has 7 heteroatoms. The van der Waals surface area contributed by atoms with E-state index in [4.69, 9.17) is 0 Å². The number of thiophene rings is 3. The molecule has 3 aliphatic rings. The topological polar surface area (TPSA) is 68.3 Å². The molecule has 0 unspecified atom stereocenters. The van der Waals surface area contributed by atoms with Gasteiger partial charge in [0.1, 0.15) is 0 Å². The summed E-state index contributed by atoms with van der Waals surface area (Å²) in [7, 11) is 0. The predicted molar refractivity (Wildman–Crippen MR) is 162 cm³/mol. The molecule has 0 atom stereocenters. The van der Waals surface area contributed by atoms with Crippen molar-refractivity contribution < 1.29 is 19.2 Å². The van der Waals surface area contributed by atoms with Crippen molar-refractivity contribution in [1.29, 1.82) is 0 Å². The lowest BCUT2D eigenvalue weighted by Gasteiger charge is -2.22. The van der Waals surface area contributed by atoms with Gasteiger partial charge in [-0.1, -0.05) is 62.4 Å². The van der Waals surface area contributed by atoms with Crippen molar-refractivity contribution in [2.24, 2.45) is 0 Å². The Labute approximate surface area is 240 Å². The Morgan fingerprint density at radius 1 is 0.625 bits per heavy atom. The van der Waals surface area contributed by atoms with Crippen LogP contribution in [0.25, 0.3) is 31.0 Å². The van der Waals surface area contributed by atoms with Gasteiger partial charge in [0, 0.05) is 42.1 Å². The summed E-state index contributed by atoms with van der Waals surface area (Å²) in [4.78, 5) is 53.8. The van der Waals surface area contributed by atoms with Crippen LogP contribution in [-0.2, 0) is 5.41 Å².